The number of methoxy groups -OCH3 is 1. The number of aromatic nitrogens is 4. The molecule has 1 aliphatic heterocycles. The van der Waals surface area contributed by atoms with Crippen LogP contribution in [0.1, 0.15) is 5.56 Å². The summed E-state index contributed by atoms with van der Waals surface area (Å²) in [6.45, 7) is 0.464. The van der Waals surface area contributed by atoms with E-state index in [1.165, 1.54) is 13.4 Å². The molecule has 0 radical (unpaired) electrons. The van der Waals surface area contributed by atoms with Crippen molar-refractivity contribution in [3.05, 3.63) is 42.5 Å². The number of nitrogens with zero attached hydrogens (tertiary/aromatic N) is 4. The van der Waals surface area contributed by atoms with Crippen molar-refractivity contribution < 1.29 is 45.8 Å². The van der Waals surface area contributed by atoms with E-state index < -0.39 is 32.1 Å². The summed E-state index contributed by atoms with van der Waals surface area (Å²) >= 11 is 0. The normalized spacial score (nSPS) is 20.2. The van der Waals surface area contributed by atoms with Gasteiger partial charge in [0.05, 0.1) is 26.6 Å². The fraction of sp³-hybridized carbons (Fsp3) is 0.381. The molecule has 3 aromatic rings. The lowest BCUT2D eigenvalue weighted by atomic mass is 10.1. The van der Waals surface area contributed by atoms with E-state index in [2.05, 4.69) is 19.7 Å². The zero-order chi connectivity index (χ0) is 27.9. The predicted molar refractivity (Wildman–Crippen MR) is 126 cm³/mol. The van der Waals surface area contributed by atoms with Crippen molar-refractivity contribution >= 4 is 36.8 Å². The van der Waals surface area contributed by atoms with Crippen molar-refractivity contribution in [1.82, 2.24) is 19.5 Å². The summed E-state index contributed by atoms with van der Waals surface area (Å²) in [6, 6.07) is 5.98. The maximum Gasteiger partial charge on any atom is 0.446 e. The van der Waals surface area contributed by atoms with Gasteiger partial charge in [0.2, 0.25) is 6.29 Å². The zero-order valence-corrected chi connectivity index (χ0v) is 20.8. The van der Waals surface area contributed by atoms with Gasteiger partial charge in [-0.3, -0.25) is 14.1 Å². The number of ether oxygens (including phenoxy) is 2. The second kappa shape index (κ2) is 12.3. The fourth-order valence-corrected chi connectivity index (χ4v) is 4.63. The fourth-order valence-electron chi connectivity index (χ4n) is 3.22. The third-order valence-electron chi connectivity index (χ3n) is 5.02. The number of carbonyl (C=O) groups excluding carboxylic acids is 2. The quantitative estimate of drug-likeness (QED) is 0.243. The molecule has 13 nitrogen and oxygen atoms in total. The number of halogens is 3. The molecule has 0 spiro atoms. The van der Waals surface area contributed by atoms with Gasteiger partial charge in [0.25, 0.3) is 0 Å². The van der Waals surface area contributed by atoms with Crippen molar-refractivity contribution in [2.24, 2.45) is 5.73 Å². The molecule has 0 aliphatic carbocycles. The number of nitrogen functional groups attached to an aromatic ring is 1. The maximum absolute atomic E-state index is 12.9. The molecule has 1 unspecified atom stereocenters. The van der Waals surface area contributed by atoms with Gasteiger partial charge in [0, 0.05) is 0 Å². The van der Waals surface area contributed by atoms with Crippen LogP contribution in [0.2, 0.25) is 0 Å². The molecule has 17 heteroatoms. The Kier molecular flexibility index (Phi) is 9.38. The summed E-state index contributed by atoms with van der Waals surface area (Å²) in [5, 5.41) is 0. The minimum atomic E-state index is -4.64. The average molecular weight is 560 g/mol. The van der Waals surface area contributed by atoms with Gasteiger partial charge in [-0.15, -0.1) is 0 Å². The Morgan fingerprint density at radius 1 is 1.29 bits per heavy atom. The highest BCUT2D eigenvalue weighted by Gasteiger charge is 2.35. The molecule has 38 heavy (non-hydrogen) atoms. The number of nitrogens with two attached hydrogens (primary N) is 2. The van der Waals surface area contributed by atoms with E-state index in [1.54, 1.807) is 35.2 Å². The van der Waals surface area contributed by atoms with E-state index in [1.807, 2.05) is 0 Å². The molecule has 1 fully saturated rings. The molecule has 0 saturated carbocycles. The van der Waals surface area contributed by atoms with Crippen molar-refractivity contribution in [3.63, 3.8) is 0 Å². The van der Waals surface area contributed by atoms with Crippen LogP contribution < -0.4 is 16.0 Å². The van der Waals surface area contributed by atoms with Crippen LogP contribution in [0.4, 0.5) is 19.0 Å². The monoisotopic (exact) mass is 560 g/mol. The molecule has 4 rings (SSSR count). The first-order valence-corrected chi connectivity index (χ1v) is 12.6. The first kappa shape index (κ1) is 29.0. The van der Waals surface area contributed by atoms with Gasteiger partial charge in [-0.2, -0.15) is 13.2 Å². The van der Waals surface area contributed by atoms with E-state index >= 15 is 0 Å². The smallest absolute Gasteiger partial charge is 0.446 e. The lowest BCUT2D eigenvalue weighted by Gasteiger charge is -2.29. The molecule has 3 heterocycles. The van der Waals surface area contributed by atoms with Gasteiger partial charge >= 0.3 is 19.7 Å². The largest absolute Gasteiger partial charge is 0.468 e. The van der Waals surface area contributed by atoms with Crippen LogP contribution in [0, 0.1) is 0 Å². The Bertz CT molecular complexity index is 1290. The van der Waals surface area contributed by atoms with Gasteiger partial charge in [-0.1, -0.05) is 12.1 Å². The van der Waals surface area contributed by atoms with Crippen molar-refractivity contribution in [2.45, 2.75) is 31.3 Å². The number of carbonyl (C=O) groups is 2. The Hall–Kier alpha value is -3.59. The molecule has 206 valence electrons. The number of hydrogen-bond donors (Lipinski definition) is 2. The van der Waals surface area contributed by atoms with E-state index in [4.69, 9.17) is 30.0 Å². The number of fused-ring (bicyclic) bond motifs is 1. The number of imidazole rings is 1. The molecule has 0 amide bonds. The number of hydrogen-bond acceptors (Lipinski definition) is 12. The minimum absolute atomic E-state index is 0.0730. The highest BCUT2D eigenvalue weighted by molar-refractivity contribution is 7.54. The van der Waals surface area contributed by atoms with Gasteiger partial charge in [0.1, 0.15) is 29.7 Å². The first-order chi connectivity index (χ1) is 17.9. The van der Waals surface area contributed by atoms with Gasteiger partial charge < -0.3 is 30.0 Å². The van der Waals surface area contributed by atoms with Gasteiger partial charge in [-0.05, 0) is 24.1 Å². The Labute approximate surface area is 213 Å². The van der Waals surface area contributed by atoms with E-state index in [0.29, 0.717) is 35.7 Å². The first-order valence-electron chi connectivity index (χ1n) is 10.8. The summed E-state index contributed by atoms with van der Waals surface area (Å²) in [5.74, 6) is 0.168. The van der Waals surface area contributed by atoms with Crippen LogP contribution in [0.5, 0.6) is 5.75 Å². The SMILES string of the molecule is COC(=O)[C@@H](N)Cc1ccc(OP2(=O)CO[C@@H](Cn3cnc4c(N)ncnc43)CO2)cc1.O=CC(F)(F)F. The van der Waals surface area contributed by atoms with Crippen molar-refractivity contribution in [1.29, 1.82) is 0 Å². The second-order valence-corrected chi connectivity index (χ2v) is 9.80. The number of alkyl halides is 3. The summed E-state index contributed by atoms with van der Waals surface area (Å²) in [4.78, 5) is 32.5. The second-order valence-electron chi connectivity index (χ2n) is 7.88. The third-order valence-corrected chi connectivity index (χ3v) is 6.51. The van der Waals surface area contributed by atoms with Crippen LogP contribution in [-0.4, -0.2) is 70.2 Å². The Morgan fingerprint density at radius 2 is 1.97 bits per heavy atom. The van der Waals surface area contributed by atoms with Crippen LogP contribution >= 0.6 is 7.60 Å². The number of benzene rings is 1. The minimum Gasteiger partial charge on any atom is -0.468 e. The number of anilines is 1. The molecule has 0 bridgehead atoms. The predicted octanol–water partition coefficient (Wildman–Crippen LogP) is 1.84. The van der Waals surface area contributed by atoms with Crippen LogP contribution in [0.3, 0.4) is 0 Å². The average Bonchev–Trinajstić information content (AvgIpc) is 3.30. The highest BCUT2D eigenvalue weighted by Crippen LogP contribution is 2.51. The lowest BCUT2D eigenvalue weighted by Crippen LogP contribution is -2.33. The van der Waals surface area contributed by atoms with E-state index in [9.17, 15) is 22.5 Å². The number of esters is 1. The van der Waals surface area contributed by atoms with Crippen molar-refractivity contribution in [2.75, 3.05) is 25.8 Å². The summed E-state index contributed by atoms with van der Waals surface area (Å²) in [6.07, 6.45) is -2.99. The van der Waals surface area contributed by atoms with Gasteiger partial charge in [0.15, 0.2) is 17.8 Å². The molecule has 4 N–H and O–H groups in total. The zero-order valence-electron chi connectivity index (χ0n) is 19.9. The Morgan fingerprint density at radius 3 is 2.55 bits per heavy atom. The molecular formula is C21H24F3N6O7P. The molecule has 1 saturated heterocycles. The van der Waals surface area contributed by atoms with Crippen molar-refractivity contribution in [3.8, 4) is 5.75 Å². The third kappa shape index (κ3) is 7.95. The summed E-state index contributed by atoms with van der Waals surface area (Å²) in [5.41, 5.74) is 13.5. The van der Waals surface area contributed by atoms with Gasteiger partial charge in [-0.25, -0.2) is 19.5 Å². The standard InChI is InChI=1S/C19H23N6O6P.C2HF3O/c1-28-19(26)15(20)6-12-2-4-13(5-3-12)31-32(27)11-29-14(8-30-32)7-25-10-24-16-17(21)22-9-23-18(16)25;3-2(4,5)1-6/h2-5,9-10,14-15H,6-8,11,20H2,1H3,(H2,21,22,23);1H/t14-,15-,32?;/m0./s1. The number of rotatable bonds is 7. The lowest BCUT2D eigenvalue weighted by molar-refractivity contribution is -0.156. The highest BCUT2D eigenvalue weighted by atomic mass is 31.2. The van der Waals surface area contributed by atoms with E-state index in [0.717, 1.165) is 5.56 Å². The molecular weight excluding hydrogens is 536 g/mol. The van der Waals surface area contributed by atoms with E-state index in [-0.39, 0.29) is 19.1 Å². The molecule has 1 aliphatic rings. The van der Waals surface area contributed by atoms with Crippen LogP contribution in [-0.2, 0) is 41.1 Å². The molecule has 3 atom stereocenters. The topological polar surface area (TPSA) is 184 Å². The summed E-state index contributed by atoms with van der Waals surface area (Å²) in [7, 11) is -2.19. The summed E-state index contributed by atoms with van der Waals surface area (Å²) < 4.78 is 67.4. The maximum atomic E-state index is 12.9. The number of aldehydes is 1. The molecule has 2 aromatic heterocycles. The van der Waals surface area contributed by atoms with Crippen LogP contribution in [0.25, 0.3) is 11.2 Å². The van der Waals surface area contributed by atoms with Crippen LogP contribution in [0.15, 0.2) is 36.9 Å². The Balaban J connectivity index is 0.000000599. The molecule has 1 aromatic carbocycles.